The Morgan fingerprint density at radius 1 is 1.37 bits per heavy atom. The van der Waals surface area contributed by atoms with Crippen molar-refractivity contribution in [1.82, 2.24) is 4.90 Å². The number of carbonyl (C=O) groups excluding carboxylic acids is 1. The lowest BCUT2D eigenvalue weighted by atomic mass is 10.1. The highest BCUT2D eigenvalue weighted by Crippen LogP contribution is 2.19. The first-order valence-corrected chi connectivity index (χ1v) is 6.75. The number of rotatable bonds is 6. The van der Waals surface area contributed by atoms with Gasteiger partial charge in [0.15, 0.2) is 0 Å². The predicted octanol–water partition coefficient (Wildman–Crippen LogP) is 1.45. The van der Waals surface area contributed by atoms with E-state index in [2.05, 4.69) is 4.90 Å². The van der Waals surface area contributed by atoms with Gasteiger partial charge in [0.05, 0.1) is 13.2 Å². The van der Waals surface area contributed by atoms with Gasteiger partial charge in [-0.05, 0) is 24.1 Å². The summed E-state index contributed by atoms with van der Waals surface area (Å²) < 4.78 is 11.1. The normalized spacial score (nSPS) is 16.3. The van der Waals surface area contributed by atoms with Crippen LogP contribution < -0.4 is 4.74 Å². The Hall–Kier alpha value is -1.39. The van der Waals surface area contributed by atoms with Crippen molar-refractivity contribution in [1.29, 1.82) is 0 Å². The summed E-state index contributed by atoms with van der Waals surface area (Å²) in [5.41, 5.74) is 2.12. The summed E-state index contributed by atoms with van der Waals surface area (Å²) in [6.45, 7) is 7.24. The maximum Gasteiger partial charge on any atom is 0.124 e. The number of carbonyl (C=O) groups is 1. The van der Waals surface area contributed by atoms with Crippen LogP contribution in [0, 0.1) is 6.92 Å². The van der Waals surface area contributed by atoms with Crippen LogP contribution in [-0.2, 0) is 16.0 Å². The number of aryl methyl sites for hydroxylation is 1. The summed E-state index contributed by atoms with van der Waals surface area (Å²) in [6, 6.07) is 5.91. The summed E-state index contributed by atoms with van der Waals surface area (Å²) in [5.74, 6) is 0.905. The van der Waals surface area contributed by atoms with Gasteiger partial charge in [0.1, 0.15) is 18.6 Å². The van der Waals surface area contributed by atoms with Crippen molar-refractivity contribution in [2.75, 3.05) is 39.5 Å². The van der Waals surface area contributed by atoms with Gasteiger partial charge in [-0.2, -0.15) is 0 Å². The van der Waals surface area contributed by atoms with E-state index in [4.69, 9.17) is 9.47 Å². The van der Waals surface area contributed by atoms with E-state index in [0.717, 1.165) is 56.0 Å². The van der Waals surface area contributed by atoms with E-state index >= 15 is 0 Å². The van der Waals surface area contributed by atoms with Gasteiger partial charge in [-0.1, -0.05) is 12.1 Å². The van der Waals surface area contributed by atoms with Gasteiger partial charge in [-0.3, -0.25) is 4.90 Å². The van der Waals surface area contributed by atoms with E-state index in [-0.39, 0.29) is 0 Å². The molecule has 1 aliphatic rings. The third kappa shape index (κ3) is 4.33. The summed E-state index contributed by atoms with van der Waals surface area (Å²) in [6.07, 6.45) is 1.39. The number of hydrogen-bond donors (Lipinski definition) is 0. The number of hydrogen-bond acceptors (Lipinski definition) is 4. The molecule has 1 fully saturated rings. The van der Waals surface area contributed by atoms with Crippen molar-refractivity contribution in [3.8, 4) is 5.75 Å². The molecule has 19 heavy (non-hydrogen) atoms. The Kier molecular flexibility index (Phi) is 5.36. The molecule has 1 aliphatic heterocycles. The molecule has 0 saturated carbocycles. The number of aldehydes is 1. The molecule has 2 rings (SSSR count). The molecule has 0 unspecified atom stereocenters. The third-order valence-corrected chi connectivity index (χ3v) is 3.33. The van der Waals surface area contributed by atoms with Crippen LogP contribution >= 0.6 is 0 Å². The zero-order valence-electron chi connectivity index (χ0n) is 11.4. The van der Waals surface area contributed by atoms with Gasteiger partial charge < -0.3 is 14.3 Å². The summed E-state index contributed by atoms with van der Waals surface area (Å²) in [5, 5.41) is 0. The Bertz CT molecular complexity index is 414. The smallest absolute Gasteiger partial charge is 0.124 e. The number of ether oxygens (including phenoxy) is 2. The second-order valence-corrected chi connectivity index (χ2v) is 4.77. The molecule has 0 amide bonds. The van der Waals surface area contributed by atoms with Crippen molar-refractivity contribution in [2.24, 2.45) is 0 Å². The van der Waals surface area contributed by atoms with Crippen molar-refractivity contribution < 1.29 is 14.3 Å². The van der Waals surface area contributed by atoms with E-state index in [1.165, 1.54) is 0 Å². The van der Waals surface area contributed by atoms with E-state index < -0.39 is 0 Å². The summed E-state index contributed by atoms with van der Waals surface area (Å²) in [4.78, 5) is 12.8. The molecule has 0 radical (unpaired) electrons. The minimum Gasteiger partial charge on any atom is -0.492 e. The summed E-state index contributed by atoms with van der Waals surface area (Å²) >= 11 is 0. The van der Waals surface area contributed by atoms with Crippen LogP contribution in [0.5, 0.6) is 5.75 Å². The molecule has 4 heteroatoms. The zero-order valence-corrected chi connectivity index (χ0v) is 11.4. The topological polar surface area (TPSA) is 38.8 Å². The van der Waals surface area contributed by atoms with E-state index in [9.17, 15) is 4.79 Å². The monoisotopic (exact) mass is 263 g/mol. The first-order valence-electron chi connectivity index (χ1n) is 6.75. The first-order chi connectivity index (χ1) is 9.29. The van der Waals surface area contributed by atoms with Crippen LogP contribution in [0.15, 0.2) is 18.2 Å². The van der Waals surface area contributed by atoms with Crippen LogP contribution in [0.1, 0.15) is 11.1 Å². The van der Waals surface area contributed by atoms with Gasteiger partial charge in [0, 0.05) is 26.1 Å². The molecular formula is C15H21NO3. The second kappa shape index (κ2) is 7.26. The molecule has 1 saturated heterocycles. The van der Waals surface area contributed by atoms with Crippen molar-refractivity contribution >= 4 is 6.29 Å². The largest absolute Gasteiger partial charge is 0.492 e. The third-order valence-electron chi connectivity index (χ3n) is 3.33. The van der Waals surface area contributed by atoms with Crippen LogP contribution in [-0.4, -0.2) is 50.6 Å². The Morgan fingerprint density at radius 2 is 2.16 bits per heavy atom. The first kappa shape index (κ1) is 14.0. The fourth-order valence-corrected chi connectivity index (χ4v) is 2.21. The molecule has 0 atom stereocenters. The molecule has 1 aromatic rings. The van der Waals surface area contributed by atoms with Crippen LogP contribution in [0.3, 0.4) is 0 Å². The SMILES string of the molecule is Cc1cc(CC=O)ccc1OCCN1CCOCC1. The van der Waals surface area contributed by atoms with Crippen molar-refractivity contribution in [3.63, 3.8) is 0 Å². The molecule has 1 heterocycles. The maximum atomic E-state index is 10.5. The molecule has 0 aromatic heterocycles. The lowest BCUT2D eigenvalue weighted by Crippen LogP contribution is -2.38. The van der Waals surface area contributed by atoms with E-state index in [1.807, 2.05) is 25.1 Å². The maximum absolute atomic E-state index is 10.5. The molecule has 0 spiro atoms. The highest BCUT2D eigenvalue weighted by molar-refractivity contribution is 5.55. The van der Waals surface area contributed by atoms with Gasteiger partial charge in [0.25, 0.3) is 0 Å². The van der Waals surface area contributed by atoms with Gasteiger partial charge in [-0.15, -0.1) is 0 Å². The van der Waals surface area contributed by atoms with Crippen LogP contribution in [0.4, 0.5) is 0 Å². The minimum atomic E-state index is 0.467. The predicted molar refractivity (Wildman–Crippen MR) is 73.7 cm³/mol. The molecule has 0 bridgehead atoms. The average molecular weight is 263 g/mol. The summed E-state index contributed by atoms with van der Waals surface area (Å²) in [7, 11) is 0. The van der Waals surface area contributed by atoms with Gasteiger partial charge >= 0.3 is 0 Å². The quantitative estimate of drug-likeness (QED) is 0.728. The lowest BCUT2D eigenvalue weighted by molar-refractivity contribution is -0.107. The van der Waals surface area contributed by atoms with E-state index in [0.29, 0.717) is 13.0 Å². The standard InChI is InChI=1S/C15H21NO3/c1-13-12-14(4-8-17)2-3-15(13)19-11-7-16-5-9-18-10-6-16/h2-3,8,12H,4-7,9-11H2,1H3. The minimum absolute atomic E-state index is 0.467. The highest BCUT2D eigenvalue weighted by atomic mass is 16.5. The molecule has 0 N–H and O–H groups in total. The molecule has 1 aromatic carbocycles. The van der Waals surface area contributed by atoms with E-state index in [1.54, 1.807) is 0 Å². The molecular weight excluding hydrogens is 242 g/mol. The number of benzene rings is 1. The Balaban J connectivity index is 1.80. The van der Waals surface area contributed by atoms with Gasteiger partial charge in [0.2, 0.25) is 0 Å². The van der Waals surface area contributed by atoms with Crippen LogP contribution in [0.25, 0.3) is 0 Å². The van der Waals surface area contributed by atoms with Crippen molar-refractivity contribution in [2.45, 2.75) is 13.3 Å². The Morgan fingerprint density at radius 3 is 2.84 bits per heavy atom. The Labute approximate surface area is 114 Å². The lowest BCUT2D eigenvalue weighted by Gasteiger charge is -2.26. The highest BCUT2D eigenvalue weighted by Gasteiger charge is 2.10. The number of morpholine rings is 1. The zero-order chi connectivity index (χ0) is 13.5. The number of nitrogens with zero attached hydrogens (tertiary/aromatic N) is 1. The fraction of sp³-hybridized carbons (Fsp3) is 0.533. The second-order valence-electron chi connectivity index (χ2n) is 4.77. The fourth-order valence-electron chi connectivity index (χ4n) is 2.21. The van der Waals surface area contributed by atoms with Crippen molar-refractivity contribution in [3.05, 3.63) is 29.3 Å². The van der Waals surface area contributed by atoms with Gasteiger partial charge in [-0.25, -0.2) is 0 Å². The molecule has 4 nitrogen and oxygen atoms in total. The average Bonchev–Trinajstić information content (AvgIpc) is 2.43. The molecule has 0 aliphatic carbocycles. The van der Waals surface area contributed by atoms with Crippen LogP contribution in [0.2, 0.25) is 0 Å². The molecule has 104 valence electrons.